The molecule has 0 radical (unpaired) electrons. The molecule has 0 aliphatic rings. The SMILES string of the molecule is CO/N=C/c1cc(F)ccc1O. The molecule has 0 heterocycles. The molecule has 0 atom stereocenters. The van der Waals surface area contributed by atoms with Gasteiger partial charge in [0.2, 0.25) is 0 Å². The number of phenols is 1. The lowest BCUT2D eigenvalue weighted by molar-refractivity contribution is 0.215. The Morgan fingerprint density at radius 1 is 1.58 bits per heavy atom. The molecule has 0 saturated carbocycles. The predicted octanol–water partition coefficient (Wildman–Crippen LogP) is 1.51. The van der Waals surface area contributed by atoms with Crippen molar-refractivity contribution >= 4 is 6.21 Å². The first kappa shape index (κ1) is 8.52. The van der Waals surface area contributed by atoms with Crippen LogP contribution in [0.4, 0.5) is 4.39 Å². The number of hydrogen-bond donors (Lipinski definition) is 1. The Morgan fingerprint density at radius 3 is 3.00 bits per heavy atom. The number of rotatable bonds is 2. The molecular formula is C8H8FNO2. The minimum absolute atomic E-state index is 0.0304. The van der Waals surface area contributed by atoms with Gasteiger partial charge in [-0.2, -0.15) is 0 Å². The number of oxime groups is 1. The molecule has 0 aliphatic heterocycles. The van der Waals surface area contributed by atoms with Gasteiger partial charge in [0.05, 0.1) is 6.21 Å². The van der Waals surface area contributed by atoms with E-state index in [1.165, 1.54) is 25.5 Å². The van der Waals surface area contributed by atoms with E-state index in [-0.39, 0.29) is 11.3 Å². The first-order chi connectivity index (χ1) is 5.74. The fourth-order valence-electron chi connectivity index (χ4n) is 0.738. The smallest absolute Gasteiger partial charge is 0.124 e. The molecule has 1 aromatic carbocycles. The van der Waals surface area contributed by atoms with Crippen molar-refractivity contribution in [2.24, 2.45) is 5.16 Å². The highest BCUT2D eigenvalue weighted by molar-refractivity contribution is 5.82. The monoisotopic (exact) mass is 169 g/mol. The number of phenolic OH excluding ortho intramolecular Hbond substituents is 1. The van der Waals surface area contributed by atoms with Crippen molar-refractivity contribution in [3.63, 3.8) is 0 Å². The molecule has 0 aliphatic carbocycles. The Morgan fingerprint density at radius 2 is 2.33 bits per heavy atom. The van der Waals surface area contributed by atoms with Crippen molar-refractivity contribution in [1.82, 2.24) is 0 Å². The maximum Gasteiger partial charge on any atom is 0.124 e. The Labute approximate surface area is 69.1 Å². The molecule has 0 unspecified atom stereocenters. The van der Waals surface area contributed by atoms with Crippen molar-refractivity contribution in [3.05, 3.63) is 29.6 Å². The first-order valence-corrected chi connectivity index (χ1v) is 3.29. The van der Waals surface area contributed by atoms with Crippen LogP contribution in [-0.4, -0.2) is 18.4 Å². The second kappa shape index (κ2) is 3.71. The summed E-state index contributed by atoms with van der Waals surface area (Å²) in [6, 6.07) is 3.59. The van der Waals surface area contributed by atoms with Gasteiger partial charge in [0.15, 0.2) is 0 Å². The number of nitrogens with zero attached hydrogens (tertiary/aromatic N) is 1. The summed E-state index contributed by atoms with van der Waals surface area (Å²) in [6.07, 6.45) is 1.23. The highest BCUT2D eigenvalue weighted by Gasteiger charge is 1.98. The van der Waals surface area contributed by atoms with E-state index < -0.39 is 5.82 Å². The van der Waals surface area contributed by atoms with Gasteiger partial charge in [-0.1, -0.05) is 5.16 Å². The zero-order valence-electron chi connectivity index (χ0n) is 6.49. The van der Waals surface area contributed by atoms with E-state index in [0.29, 0.717) is 0 Å². The van der Waals surface area contributed by atoms with Crippen LogP contribution in [0.15, 0.2) is 23.4 Å². The van der Waals surface area contributed by atoms with Gasteiger partial charge in [0.25, 0.3) is 0 Å². The van der Waals surface area contributed by atoms with E-state index in [0.717, 1.165) is 6.07 Å². The Bertz CT molecular complexity index is 299. The Balaban J connectivity index is 2.97. The predicted molar refractivity (Wildman–Crippen MR) is 42.7 cm³/mol. The molecule has 64 valence electrons. The molecule has 0 aromatic heterocycles. The van der Waals surface area contributed by atoms with Crippen LogP contribution in [0.3, 0.4) is 0 Å². The van der Waals surface area contributed by atoms with E-state index >= 15 is 0 Å². The number of aromatic hydroxyl groups is 1. The minimum atomic E-state index is -0.426. The molecule has 1 aromatic rings. The summed E-state index contributed by atoms with van der Waals surface area (Å²) >= 11 is 0. The zero-order chi connectivity index (χ0) is 8.97. The fraction of sp³-hybridized carbons (Fsp3) is 0.125. The molecule has 0 bridgehead atoms. The largest absolute Gasteiger partial charge is 0.507 e. The van der Waals surface area contributed by atoms with Gasteiger partial charge in [-0.05, 0) is 18.2 Å². The molecule has 1 rings (SSSR count). The van der Waals surface area contributed by atoms with Crippen molar-refractivity contribution in [2.45, 2.75) is 0 Å². The van der Waals surface area contributed by atoms with Gasteiger partial charge in [-0.3, -0.25) is 0 Å². The van der Waals surface area contributed by atoms with Crippen molar-refractivity contribution in [3.8, 4) is 5.75 Å². The van der Waals surface area contributed by atoms with Crippen LogP contribution in [-0.2, 0) is 4.84 Å². The topological polar surface area (TPSA) is 41.8 Å². The molecular weight excluding hydrogens is 161 g/mol. The van der Waals surface area contributed by atoms with Crippen molar-refractivity contribution < 1.29 is 14.3 Å². The summed E-state index contributed by atoms with van der Waals surface area (Å²) in [7, 11) is 1.37. The molecule has 1 N–H and O–H groups in total. The van der Waals surface area contributed by atoms with Crippen LogP contribution >= 0.6 is 0 Å². The maximum atomic E-state index is 12.6. The summed E-state index contributed by atoms with van der Waals surface area (Å²) in [5, 5.41) is 12.5. The molecule has 4 heteroatoms. The third kappa shape index (κ3) is 1.95. The normalized spacial score (nSPS) is 10.5. The van der Waals surface area contributed by atoms with E-state index in [1.807, 2.05) is 0 Å². The van der Waals surface area contributed by atoms with Gasteiger partial charge < -0.3 is 9.94 Å². The van der Waals surface area contributed by atoms with E-state index in [1.54, 1.807) is 0 Å². The van der Waals surface area contributed by atoms with E-state index in [4.69, 9.17) is 5.11 Å². The van der Waals surface area contributed by atoms with Gasteiger partial charge >= 0.3 is 0 Å². The lowest BCUT2D eigenvalue weighted by Gasteiger charge is -1.96. The van der Waals surface area contributed by atoms with Crippen LogP contribution in [0, 0.1) is 5.82 Å². The maximum absolute atomic E-state index is 12.6. The molecule has 12 heavy (non-hydrogen) atoms. The minimum Gasteiger partial charge on any atom is -0.507 e. The van der Waals surface area contributed by atoms with Gasteiger partial charge in [0.1, 0.15) is 18.7 Å². The standard InChI is InChI=1S/C8H8FNO2/c1-12-10-5-6-4-7(9)2-3-8(6)11/h2-5,11H,1H3/b10-5+. The average molecular weight is 169 g/mol. The molecule has 3 nitrogen and oxygen atoms in total. The average Bonchev–Trinajstić information content (AvgIpc) is 2.07. The zero-order valence-corrected chi connectivity index (χ0v) is 6.49. The van der Waals surface area contributed by atoms with Crippen LogP contribution < -0.4 is 0 Å². The lowest BCUT2D eigenvalue weighted by Crippen LogP contribution is -1.85. The molecule has 0 amide bonds. The summed E-state index contributed by atoms with van der Waals surface area (Å²) in [5.41, 5.74) is 0.289. The van der Waals surface area contributed by atoms with Gasteiger partial charge in [0, 0.05) is 5.56 Å². The molecule has 0 spiro atoms. The highest BCUT2D eigenvalue weighted by Crippen LogP contribution is 2.15. The Hall–Kier alpha value is -1.58. The van der Waals surface area contributed by atoms with E-state index in [9.17, 15) is 4.39 Å². The second-order valence-electron chi connectivity index (χ2n) is 2.12. The van der Waals surface area contributed by atoms with Gasteiger partial charge in [-0.25, -0.2) is 4.39 Å². The second-order valence-corrected chi connectivity index (χ2v) is 2.12. The molecule has 0 fully saturated rings. The fourth-order valence-corrected chi connectivity index (χ4v) is 0.738. The highest BCUT2D eigenvalue weighted by atomic mass is 19.1. The summed E-state index contributed by atoms with van der Waals surface area (Å²) in [6.45, 7) is 0. The first-order valence-electron chi connectivity index (χ1n) is 3.29. The number of halogens is 1. The van der Waals surface area contributed by atoms with Crippen LogP contribution in [0.2, 0.25) is 0 Å². The number of hydrogen-bond acceptors (Lipinski definition) is 3. The Kier molecular flexibility index (Phi) is 2.63. The van der Waals surface area contributed by atoms with Crippen LogP contribution in [0.25, 0.3) is 0 Å². The lowest BCUT2D eigenvalue weighted by atomic mass is 10.2. The van der Waals surface area contributed by atoms with E-state index in [2.05, 4.69) is 9.99 Å². The quantitative estimate of drug-likeness (QED) is 0.538. The third-order valence-corrected chi connectivity index (χ3v) is 1.29. The van der Waals surface area contributed by atoms with Crippen LogP contribution in [0.5, 0.6) is 5.75 Å². The number of benzene rings is 1. The third-order valence-electron chi connectivity index (χ3n) is 1.29. The summed E-state index contributed by atoms with van der Waals surface area (Å²) < 4.78 is 12.6. The summed E-state index contributed by atoms with van der Waals surface area (Å²) in [4.78, 5) is 4.38. The summed E-state index contributed by atoms with van der Waals surface area (Å²) in [5.74, 6) is -0.456. The van der Waals surface area contributed by atoms with Crippen molar-refractivity contribution in [2.75, 3.05) is 7.11 Å². The van der Waals surface area contributed by atoms with Gasteiger partial charge in [-0.15, -0.1) is 0 Å². The van der Waals surface area contributed by atoms with Crippen molar-refractivity contribution in [1.29, 1.82) is 0 Å². The molecule has 0 saturated heterocycles. The van der Waals surface area contributed by atoms with Crippen LogP contribution in [0.1, 0.15) is 5.56 Å².